The third-order valence-corrected chi connectivity index (χ3v) is 2.92. The predicted molar refractivity (Wildman–Crippen MR) is 67.5 cm³/mol. The Labute approximate surface area is 111 Å². The van der Waals surface area contributed by atoms with Gasteiger partial charge in [0.25, 0.3) is 0 Å². The number of hydrogen-bond donors (Lipinski definition) is 1. The summed E-state index contributed by atoms with van der Waals surface area (Å²) in [6.45, 7) is 0. The molecule has 3 rings (SSSR count). The molecule has 0 aliphatic carbocycles. The molecule has 3 aromatic rings. The first-order valence-electron chi connectivity index (χ1n) is 5.74. The van der Waals surface area contributed by atoms with Crippen molar-refractivity contribution in [3.8, 4) is 11.4 Å². The van der Waals surface area contributed by atoms with E-state index in [-0.39, 0.29) is 17.1 Å². The van der Waals surface area contributed by atoms with Crippen LogP contribution in [0.2, 0.25) is 0 Å². The topological polar surface area (TPSA) is 54.6 Å². The molecule has 0 spiro atoms. The summed E-state index contributed by atoms with van der Waals surface area (Å²) in [5, 5.41) is 9.13. The smallest absolute Gasteiger partial charge is 0.356 e. The van der Waals surface area contributed by atoms with E-state index in [0.717, 1.165) is 12.1 Å². The number of aromatic nitrogens is 2. The molecule has 1 N–H and O–H groups in total. The van der Waals surface area contributed by atoms with Crippen LogP contribution in [-0.2, 0) is 0 Å². The van der Waals surface area contributed by atoms with Gasteiger partial charge in [0.1, 0.15) is 17.5 Å². The minimum absolute atomic E-state index is 0.0418. The van der Waals surface area contributed by atoms with E-state index in [1.807, 2.05) is 0 Å². The molecule has 0 saturated carbocycles. The fraction of sp³-hybridized carbons (Fsp3) is 0. The van der Waals surface area contributed by atoms with Crippen molar-refractivity contribution in [1.29, 1.82) is 0 Å². The van der Waals surface area contributed by atoms with E-state index in [1.165, 1.54) is 10.5 Å². The lowest BCUT2D eigenvalue weighted by Gasteiger charge is -2.02. The highest BCUT2D eigenvalue weighted by atomic mass is 19.1. The van der Waals surface area contributed by atoms with Crippen LogP contribution in [-0.4, -0.2) is 20.5 Å². The van der Waals surface area contributed by atoms with Gasteiger partial charge in [0.05, 0.1) is 11.1 Å². The van der Waals surface area contributed by atoms with Gasteiger partial charge in [-0.15, -0.1) is 0 Å². The number of aromatic carboxylic acids is 1. The van der Waals surface area contributed by atoms with Gasteiger partial charge >= 0.3 is 5.97 Å². The Hall–Kier alpha value is -2.76. The summed E-state index contributed by atoms with van der Waals surface area (Å²) < 4.78 is 28.2. The zero-order chi connectivity index (χ0) is 14.3. The van der Waals surface area contributed by atoms with E-state index < -0.39 is 17.6 Å². The van der Waals surface area contributed by atoms with Gasteiger partial charge in [-0.2, -0.15) is 0 Å². The SMILES string of the molecule is O=C(O)c1nc(-c2ccc(F)cc2F)n2ccccc12. The summed E-state index contributed by atoms with van der Waals surface area (Å²) in [5.41, 5.74) is 0.211. The van der Waals surface area contributed by atoms with Gasteiger partial charge in [0, 0.05) is 12.3 Å². The lowest BCUT2D eigenvalue weighted by Crippen LogP contribution is -1.97. The average Bonchev–Trinajstić information content (AvgIpc) is 2.78. The monoisotopic (exact) mass is 274 g/mol. The first-order valence-corrected chi connectivity index (χ1v) is 5.74. The molecular formula is C14H8F2N2O2. The minimum Gasteiger partial charge on any atom is -0.476 e. The highest BCUT2D eigenvalue weighted by Gasteiger charge is 2.19. The molecule has 0 atom stereocenters. The molecule has 0 aliphatic heterocycles. The number of fused-ring (bicyclic) bond motifs is 1. The fourth-order valence-corrected chi connectivity index (χ4v) is 2.06. The minimum atomic E-state index is -1.21. The number of pyridine rings is 1. The van der Waals surface area contributed by atoms with Gasteiger partial charge in [-0.05, 0) is 24.3 Å². The Morgan fingerprint density at radius 3 is 2.70 bits per heavy atom. The lowest BCUT2D eigenvalue weighted by atomic mass is 10.2. The van der Waals surface area contributed by atoms with Gasteiger partial charge in [-0.25, -0.2) is 18.6 Å². The van der Waals surface area contributed by atoms with Gasteiger partial charge < -0.3 is 5.11 Å². The second-order valence-electron chi connectivity index (χ2n) is 4.17. The summed E-state index contributed by atoms with van der Waals surface area (Å²) in [7, 11) is 0. The number of imidazole rings is 1. The van der Waals surface area contributed by atoms with Gasteiger partial charge in [-0.3, -0.25) is 4.40 Å². The first-order chi connectivity index (χ1) is 9.58. The Morgan fingerprint density at radius 1 is 1.20 bits per heavy atom. The summed E-state index contributed by atoms with van der Waals surface area (Å²) >= 11 is 0. The molecule has 0 bridgehead atoms. The van der Waals surface area contributed by atoms with Crippen molar-refractivity contribution in [2.24, 2.45) is 0 Å². The van der Waals surface area contributed by atoms with E-state index in [9.17, 15) is 13.6 Å². The summed E-state index contributed by atoms with van der Waals surface area (Å²) in [6.07, 6.45) is 1.58. The van der Waals surface area contributed by atoms with E-state index in [2.05, 4.69) is 4.98 Å². The molecule has 0 fully saturated rings. The zero-order valence-corrected chi connectivity index (χ0v) is 10.0. The molecule has 0 aliphatic rings. The summed E-state index contributed by atoms with van der Waals surface area (Å²) in [6, 6.07) is 7.97. The van der Waals surface area contributed by atoms with Gasteiger partial charge in [0.2, 0.25) is 0 Å². The molecule has 6 heteroatoms. The molecule has 20 heavy (non-hydrogen) atoms. The molecule has 0 unspecified atom stereocenters. The Morgan fingerprint density at radius 2 is 2.00 bits per heavy atom. The van der Waals surface area contributed by atoms with Crippen molar-refractivity contribution >= 4 is 11.5 Å². The van der Waals surface area contributed by atoms with E-state index in [0.29, 0.717) is 5.52 Å². The first kappa shape index (κ1) is 12.3. The molecular weight excluding hydrogens is 266 g/mol. The number of carboxylic acid groups (broad SMARTS) is 1. The second-order valence-corrected chi connectivity index (χ2v) is 4.17. The van der Waals surface area contributed by atoms with Crippen LogP contribution in [0, 0.1) is 11.6 Å². The Kier molecular flexibility index (Phi) is 2.71. The summed E-state index contributed by atoms with van der Waals surface area (Å²) in [5.74, 6) is -2.58. The van der Waals surface area contributed by atoms with Crippen molar-refractivity contribution in [2.75, 3.05) is 0 Å². The van der Waals surface area contributed by atoms with Crippen molar-refractivity contribution < 1.29 is 18.7 Å². The maximum atomic E-state index is 13.8. The highest BCUT2D eigenvalue weighted by Crippen LogP contribution is 2.25. The second kappa shape index (κ2) is 4.41. The third-order valence-electron chi connectivity index (χ3n) is 2.92. The largest absolute Gasteiger partial charge is 0.476 e. The van der Waals surface area contributed by atoms with E-state index >= 15 is 0 Å². The molecule has 0 saturated heterocycles. The van der Waals surface area contributed by atoms with Crippen LogP contribution < -0.4 is 0 Å². The maximum Gasteiger partial charge on any atom is 0.356 e. The lowest BCUT2D eigenvalue weighted by molar-refractivity contribution is 0.0693. The third kappa shape index (κ3) is 1.82. The van der Waals surface area contributed by atoms with Crippen LogP contribution in [0.15, 0.2) is 42.6 Å². The molecule has 1 aromatic carbocycles. The van der Waals surface area contributed by atoms with Crippen molar-refractivity contribution in [2.45, 2.75) is 0 Å². The Bertz CT molecular complexity index is 827. The predicted octanol–water partition coefficient (Wildman–Crippen LogP) is 2.98. The number of hydrogen-bond acceptors (Lipinski definition) is 2. The number of carboxylic acids is 1. The number of nitrogens with zero attached hydrogens (tertiary/aromatic N) is 2. The van der Waals surface area contributed by atoms with Crippen LogP contribution in [0.1, 0.15) is 10.5 Å². The van der Waals surface area contributed by atoms with Crippen molar-refractivity contribution in [3.63, 3.8) is 0 Å². The van der Waals surface area contributed by atoms with Crippen molar-refractivity contribution in [1.82, 2.24) is 9.38 Å². The highest BCUT2D eigenvalue weighted by molar-refractivity contribution is 5.94. The molecule has 100 valence electrons. The van der Waals surface area contributed by atoms with E-state index in [1.54, 1.807) is 24.4 Å². The standard InChI is InChI=1S/C14H8F2N2O2/c15-8-4-5-9(10(16)7-8)13-17-12(14(19)20)11-3-1-2-6-18(11)13/h1-7H,(H,19,20). The van der Waals surface area contributed by atoms with E-state index in [4.69, 9.17) is 5.11 Å². The fourth-order valence-electron chi connectivity index (χ4n) is 2.06. The van der Waals surface area contributed by atoms with Crippen molar-refractivity contribution in [3.05, 3.63) is 59.9 Å². The molecule has 0 radical (unpaired) electrons. The quantitative estimate of drug-likeness (QED) is 0.781. The Balaban J connectivity index is 2.34. The normalized spacial score (nSPS) is 10.9. The van der Waals surface area contributed by atoms with Crippen LogP contribution >= 0.6 is 0 Å². The van der Waals surface area contributed by atoms with Crippen LogP contribution in [0.5, 0.6) is 0 Å². The van der Waals surface area contributed by atoms with Gasteiger partial charge in [0.15, 0.2) is 5.69 Å². The molecule has 4 nitrogen and oxygen atoms in total. The number of carbonyl (C=O) groups is 1. The van der Waals surface area contributed by atoms with Crippen LogP contribution in [0.3, 0.4) is 0 Å². The number of benzene rings is 1. The van der Waals surface area contributed by atoms with Crippen LogP contribution in [0.4, 0.5) is 8.78 Å². The number of rotatable bonds is 2. The van der Waals surface area contributed by atoms with Crippen LogP contribution in [0.25, 0.3) is 16.9 Å². The molecule has 2 heterocycles. The molecule has 2 aromatic heterocycles. The average molecular weight is 274 g/mol. The van der Waals surface area contributed by atoms with Gasteiger partial charge in [-0.1, -0.05) is 6.07 Å². The maximum absolute atomic E-state index is 13.8. The summed E-state index contributed by atoms with van der Waals surface area (Å²) in [4.78, 5) is 15.1. The number of halogens is 2. The zero-order valence-electron chi connectivity index (χ0n) is 10.0. The molecule has 0 amide bonds.